The van der Waals surface area contributed by atoms with Crippen molar-refractivity contribution in [2.45, 2.75) is 12.8 Å². The fraction of sp³-hybridized carbons (Fsp3) is 0.176. The van der Waals surface area contributed by atoms with Gasteiger partial charge in [0.25, 0.3) is 0 Å². The van der Waals surface area contributed by atoms with Crippen molar-refractivity contribution < 1.29 is 9.18 Å². The second-order valence-electron chi connectivity index (χ2n) is 5.64. The molecule has 0 atom stereocenters. The molecule has 7 heteroatoms. The molecule has 4 rings (SSSR count). The van der Waals surface area contributed by atoms with E-state index in [0.717, 1.165) is 22.5 Å². The third kappa shape index (κ3) is 2.94. The number of halogens is 1. The zero-order valence-electron chi connectivity index (χ0n) is 12.8. The normalized spacial score (nSPS) is 18.8. The van der Waals surface area contributed by atoms with Crippen LogP contribution in [-0.2, 0) is 4.79 Å². The van der Waals surface area contributed by atoms with Crippen molar-refractivity contribution in [2.75, 3.05) is 6.54 Å². The van der Waals surface area contributed by atoms with Crippen LogP contribution in [-0.4, -0.2) is 27.5 Å². The van der Waals surface area contributed by atoms with E-state index >= 15 is 0 Å². The fourth-order valence-corrected chi connectivity index (χ4v) is 3.36. The molecule has 3 heterocycles. The molecule has 0 aromatic heterocycles. The summed E-state index contributed by atoms with van der Waals surface area (Å²) in [5, 5.41) is 5.91. The maximum Gasteiger partial charge on any atom is 0.247 e. The van der Waals surface area contributed by atoms with Crippen molar-refractivity contribution in [3.63, 3.8) is 0 Å². The smallest absolute Gasteiger partial charge is 0.247 e. The van der Waals surface area contributed by atoms with E-state index in [9.17, 15) is 9.18 Å². The van der Waals surface area contributed by atoms with E-state index in [1.165, 1.54) is 29.3 Å². The highest BCUT2D eigenvalue weighted by molar-refractivity contribution is 7.95. The number of hydrazone groups is 1. The fourth-order valence-electron chi connectivity index (χ4n) is 2.74. The van der Waals surface area contributed by atoms with Gasteiger partial charge in [0, 0.05) is 18.8 Å². The van der Waals surface area contributed by atoms with Gasteiger partial charge in [-0.25, -0.2) is 9.40 Å². The summed E-state index contributed by atoms with van der Waals surface area (Å²) in [4.78, 5) is 12.5. The summed E-state index contributed by atoms with van der Waals surface area (Å²) in [7, 11) is 0. The average Bonchev–Trinajstić information content (AvgIpc) is 3.24. The Bertz CT molecular complexity index is 797. The number of fused-ring (bicyclic) bond motifs is 1. The highest BCUT2D eigenvalue weighted by Crippen LogP contribution is 2.28. The summed E-state index contributed by atoms with van der Waals surface area (Å²) in [5.41, 5.74) is 3.67. The van der Waals surface area contributed by atoms with Crippen LogP contribution in [0.2, 0.25) is 0 Å². The molecule has 0 saturated carbocycles. The number of nitrogens with one attached hydrogen (secondary N) is 1. The molecular weight excluding hydrogens is 327 g/mol. The Morgan fingerprint density at radius 2 is 2.17 bits per heavy atom. The number of benzene rings is 1. The molecule has 3 aliphatic heterocycles. The molecule has 0 unspecified atom stereocenters. The van der Waals surface area contributed by atoms with Crippen molar-refractivity contribution in [1.82, 2.24) is 14.0 Å². The number of amides is 1. The molecule has 0 radical (unpaired) electrons. The number of hydrogen-bond acceptors (Lipinski definition) is 5. The zero-order chi connectivity index (χ0) is 16.5. The first-order valence-corrected chi connectivity index (χ1v) is 8.41. The maximum absolute atomic E-state index is 13.0. The van der Waals surface area contributed by atoms with Crippen molar-refractivity contribution in [1.29, 1.82) is 0 Å². The van der Waals surface area contributed by atoms with Gasteiger partial charge in [-0.1, -0.05) is 12.1 Å². The van der Waals surface area contributed by atoms with Crippen LogP contribution in [0.3, 0.4) is 0 Å². The molecule has 1 aromatic carbocycles. The van der Waals surface area contributed by atoms with E-state index in [4.69, 9.17) is 0 Å². The standard InChI is InChI=1S/C17H15FN4OS/c18-14-3-1-13(2-4-14)16-6-7-21(20-16)17(23)10-12-5-8-22-15(9-12)11-19-24-22/h1-5,8-9,11,19H,6-7,10H2. The summed E-state index contributed by atoms with van der Waals surface area (Å²) < 4.78 is 18.1. The Labute approximate surface area is 143 Å². The predicted molar refractivity (Wildman–Crippen MR) is 91.8 cm³/mol. The topological polar surface area (TPSA) is 47.9 Å². The van der Waals surface area contributed by atoms with Crippen molar-refractivity contribution >= 4 is 23.8 Å². The highest BCUT2D eigenvalue weighted by atomic mass is 32.2. The molecule has 1 aromatic rings. The summed E-state index contributed by atoms with van der Waals surface area (Å²) in [5.74, 6) is -0.306. The molecule has 1 N–H and O–H groups in total. The van der Waals surface area contributed by atoms with Crippen LogP contribution in [0.4, 0.5) is 4.39 Å². The predicted octanol–water partition coefficient (Wildman–Crippen LogP) is 2.92. The minimum absolute atomic E-state index is 0.0318. The molecule has 5 nitrogen and oxygen atoms in total. The number of allylic oxidation sites excluding steroid dienone is 2. The lowest BCUT2D eigenvalue weighted by molar-refractivity contribution is -0.129. The van der Waals surface area contributed by atoms with Gasteiger partial charge in [-0.2, -0.15) is 5.10 Å². The first kappa shape index (κ1) is 15.0. The van der Waals surface area contributed by atoms with Gasteiger partial charge in [-0.15, -0.1) is 0 Å². The van der Waals surface area contributed by atoms with Crippen LogP contribution in [0.25, 0.3) is 0 Å². The molecule has 122 valence electrons. The van der Waals surface area contributed by atoms with Crippen LogP contribution < -0.4 is 4.72 Å². The summed E-state index contributed by atoms with van der Waals surface area (Å²) in [6.07, 6.45) is 8.77. The zero-order valence-corrected chi connectivity index (χ0v) is 13.6. The van der Waals surface area contributed by atoms with Gasteiger partial charge in [-0.3, -0.25) is 9.10 Å². The van der Waals surface area contributed by atoms with Crippen molar-refractivity contribution in [3.05, 3.63) is 71.5 Å². The summed E-state index contributed by atoms with van der Waals surface area (Å²) in [6, 6.07) is 6.21. The van der Waals surface area contributed by atoms with Gasteiger partial charge in [0.05, 0.1) is 36.5 Å². The molecule has 24 heavy (non-hydrogen) atoms. The van der Waals surface area contributed by atoms with Crippen LogP contribution in [0, 0.1) is 5.82 Å². The van der Waals surface area contributed by atoms with E-state index < -0.39 is 0 Å². The lowest BCUT2D eigenvalue weighted by atomic mass is 10.1. The minimum atomic E-state index is -0.274. The number of carbonyl (C=O) groups excluding carboxylic acids is 1. The molecule has 0 bridgehead atoms. The quantitative estimate of drug-likeness (QED) is 0.858. The first-order valence-electron chi connectivity index (χ1n) is 7.63. The molecule has 0 spiro atoms. The van der Waals surface area contributed by atoms with Crippen LogP contribution in [0.1, 0.15) is 18.4 Å². The Balaban J connectivity index is 1.44. The van der Waals surface area contributed by atoms with Gasteiger partial charge in [0.1, 0.15) is 5.82 Å². The second kappa shape index (κ2) is 6.16. The average molecular weight is 342 g/mol. The molecule has 1 amide bonds. The van der Waals surface area contributed by atoms with E-state index in [1.807, 2.05) is 28.9 Å². The Morgan fingerprint density at radius 1 is 1.33 bits per heavy atom. The van der Waals surface area contributed by atoms with Gasteiger partial charge >= 0.3 is 0 Å². The SMILES string of the molecule is O=C(CC1=CC2=CNSN2C=C1)N1CCC(c2ccc(F)cc2)=N1. The highest BCUT2D eigenvalue weighted by Gasteiger charge is 2.23. The third-order valence-electron chi connectivity index (χ3n) is 3.99. The minimum Gasteiger partial charge on any atom is -0.316 e. The molecule has 3 aliphatic rings. The van der Waals surface area contributed by atoms with Crippen LogP contribution in [0.15, 0.2) is 65.2 Å². The van der Waals surface area contributed by atoms with Gasteiger partial charge in [-0.05, 0) is 35.4 Å². The Morgan fingerprint density at radius 3 is 3.00 bits per heavy atom. The number of nitrogens with zero attached hydrogens (tertiary/aromatic N) is 3. The first-order chi connectivity index (χ1) is 11.7. The van der Waals surface area contributed by atoms with E-state index in [-0.39, 0.29) is 11.7 Å². The van der Waals surface area contributed by atoms with Crippen LogP contribution in [0.5, 0.6) is 0 Å². The maximum atomic E-state index is 13.0. The largest absolute Gasteiger partial charge is 0.316 e. The second-order valence-corrected chi connectivity index (χ2v) is 6.45. The van der Waals surface area contributed by atoms with Crippen molar-refractivity contribution in [3.8, 4) is 0 Å². The van der Waals surface area contributed by atoms with E-state index in [0.29, 0.717) is 19.4 Å². The lowest BCUT2D eigenvalue weighted by Crippen LogP contribution is -2.23. The van der Waals surface area contributed by atoms with E-state index in [2.05, 4.69) is 9.82 Å². The van der Waals surface area contributed by atoms with Gasteiger partial charge in [0.15, 0.2) is 0 Å². The third-order valence-corrected chi connectivity index (χ3v) is 4.74. The summed E-state index contributed by atoms with van der Waals surface area (Å²) >= 11 is 1.49. The monoisotopic (exact) mass is 342 g/mol. The molecule has 0 saturated heterocycles. The Kier molecular flexibility index (Phi) is 3.86. The molecule has 0 fully saturated rings. The molecule has 0 aliphatic carbocycles. The van der Waals surface area contributed by atoms with Gasteiger partial charge < -0.3 is 4.72 Å². The Hall–Kier alpha value is -2.54. The summed E-state index contributed by atoms with van der Waals surface area (Å²) in [6.45, 7) is 0.564. The lowest BCUT2D eigenvalue weighted by Gasteiger charge is -2.18. The van der Waals surface area contributed by atoms with E-state index in [1.54, 1.807) is 12.1 Å². The van der Waals surface area contributed by atoms with Crippen molar-refractivity contribution in [2.24, 2.45) is 5.10 Å². The number of carbonyl (C=O) groups is 1. The van der Waals surface area contributed by atoms with Gasteiger partial charge in [0.2, 0.25) is 5.91 Å². The van der Waals surface area contributed by atoms with Crippen LogP contribution >= 0.6 is 12.1 Å². The number of rotatable bonds is 3. The molecular formula is C17H15FN4OS. The number of hydrogen-bond donors (Lipinski definition) is 1.